The number of ether oxygens (including phenoxy) is 1. The molecule has 0 unspecified atom stereocenters. The van der Waals surface area contributed by atoms with Gasteiger partial charge in [-0.05, 0) is 38.1 Å². The van der Waals surface area contributed by atoms with Crippen molar-refractivity contribution in [2.24, 2.45) is 0 Å². The molecule has 7 heteroatoms. The number of hydrogen-bond donors (Lipinski definition) is 2. The molecule has 0 saturated carbocycles. The maximum absolute atomic E-state index is 11.7. The molecule has 0 aromatic heterocycles. The average molecular weight is 303 g/mol. The number of rotatable bonds is 6. The summed E-state index contributed by atoms with van der Waals surface area (Å²) in [5, 5.41) is 13.5. The molecule has 0 aliphatic carbocycles. The third-order valence-corrected chi connectivity index (χ3v) is 2.43. The Kier molecular flexibility index (Phi) is 6.57. The van der Waals surface area contributed by atoms with Crippen LogP contribution in [0.3, 0.4) is 0 Å². The number of benzene rings is 1. The molecule has 0 fully saturated rings. The summed E-state index contributed by atoms with van der Waals surface area (Å²) in [6.45, 7) is 3.26. The van der Waals surface area contributed by atoms with Crippen molar-refractivity contribution in [2.45, 2.75) is 26.3 Å². The largest absolute Gasteiger partial charge is 0.452 e. The highest BCUT2D eigenvalue weighted by Crippen LogP contribution is 2.10. The molecular formula is C15H17N3O4. The number of esters is 1. The molecule has 0 heterocycles. The highest BCUT2D eigenvalue weighted by atomic mass is 16.5. The normalized spacial score (nSPS) is 9.73. The van der Waals surface area contributed by atoms with Crippen LogP contribution in [-0.4, -0.2) is 30.4 Å². The van der Waals surface area contributed by atoms with Gasteiger partial charge in [0.1, 0.15) is 6.42 Å². The zero-order valence-electron chi connectivity index (χ0n) is 12.4. The monoisotopic (exact) mass is 303 g/mol. The van der Waals surface area contributed by atoms with Crippen molar-refractivity contribution in [3.63, 3.8) is 0 Å². The molecule has 1 aromatic rings. The van der Waals surface area contributed by atoms with Gasteiger partial charge in [-0.2, -0.15) is 5.26 Å². The lowest BCUT2D eigenvalue weighted by molar-refractivity contribution is -0.124. The van der Waals surface area contributed by atoms with Crippen LogP contribution in [0.25, 0.3) is 0 Å². The number of nitrogens with zero attached hydrogens (tertiary/aromatic N) is 1. The van der Waals surface area contributed by atoms with E-state index < -0.39 is 11.9 Å². The van der Waals surface area contributed by atoms with E-state index in [4.69, 9.17) is 10.00 Å². The second-order valence-electron chi connectivity index (χ2n) is 4.76. The number of hydrogen-bond acceptors (Lipinski definition) is 5. The van der Waals surface area contributed by atoms with E-state index in [1.54, 1.807) is 19.9 Å². The van der Waals surface area contributed by atoms with Gasteiger partial charge in [-0.3, -0.25) is 9.59 Å². The Morgan fingerprint density at radius 2 is 1.82 bits per heavy atom. The zero-order chi connectivity index (χ0) is 16.5. The van der Waals surface area contributed by atoms with Crippen LogP contribution >= 0.6 is 0 Å². The maximum Gasteiger partial charge on any atom is 0.338 e. The summed E-state index contributed by atoms with van der Waals surface area (Å²) in [6.07, 6.45) is -0.241. The summed E-state index contributed by atoms with van der Waals surface area (Å²) in [6, 6.07) is 7.66. The van der Waals surface area contributed by atoms with Crippen molar-refractivity contribution in [2.75, 3.05) is 11.9 Å². The number of amides is 2. The van der Waals surface area contributed by atoms with Crippen LogP contribution in [0.2, 0.25) is 0 Å². The van der Waals surface area contributed by atoms with Crippen LogP contribution in [0.15, 0.2) is 24.3 Å². The van der Waals surface area contributed by atoms with E-state index in [1.807, 2.05) is 0 Å². The van der Waals surface area contributed by atoms with Gasteiger partial charge in [0.2, 0.25) is 5.91 Å². The topological polar surface area (TPSA) is 108 Å². The summed E-state index contributed by atoms with van der Waals surface area (Å²) in [5.41, 5.74) is 0.727. The SMILES string of the molecule is CC(C)NC(=O)COC(=O)c1ccc(NC(=O)CC#N)cc1. The average Bonchev–Trinajstić information content (AvgIpc) is 2.45. The maximum atomic E-state index is 11.7. The molecule has 22 heavy (non-hydrogen) atoms. The third kappa shape index (κ3) is 6.05. The van der Waals surface area contributed by atoms with E-state index in [0.29, 0.717) is 5.69 Å². The van der Waals surface area contributed by atoms with E-state index in [-0.39, 0.29) is 30.5 Å². The van der Waals surface area contributed by atoms with Gasteiger partial charge in [0, 0.05) is 11.7 Å². The Balaban J connectivity index is 2.52. The molecule has 0 atom stereocenters. The Morgan fingerprint density at radius 3 is 2.36 bits per heavy atom. The van der Waals surface area contributed by atoms with Crippen LogP contribution in [-0.2, 0) is 14.3 Å². The Hall–Kier alpha value is -2.88. The van der Waals surface area contributed by atoms with E-state index in [9.17, 15) is 14.4 Å². The summed E-state index contributed by atoms with van der Waals surface area (Å²) in [7, 11) is 0. The van der Waals surface area contributed by atoms with E-state index in [2.05, 4.69) is 10.6 Å². The van der Waals surface area contributed by atoms with Crippen molar-refractivity contribution in [3.05, 3.63) is 29.8 Å². The third-order valence-electron chi connectivity index (χ3n) is 2.43. The molecule has 7 nitrogen and oxygen atoms in total. The minimum Gasteiger partial charge on any atom is -0.452 e. The van der Waals surface area contributed by atoms with Crippen molar-refractivity contribution >= 4 is 23.5 Å². The van der Waals surface area contributed by atoms with Gasteiger partial charge < -0.3 is 15.4 Å². The van der Waals surface area contributed by atoms with Crippen molar-refractivity contribution in [3.8, 4) is 6.07 Å². The lowest BCUT2D eigenvalue weighted by Gasteiger charge is -2.09. The number of nitrogens with one attached hydrogen (secondary N) is 2. The molecule has 0 spiro atoms. The quantitative estimate of drug-likeness (QED) is 0.768. The van der Waals surface area contributed by atoms with Gasteiger partial charge in [0.05, 0.1) is 11.6 Å². The highest BCUT2D eigenvalue weighted by Gasteiger charge is 2.11. The van der Waals surface area contributed by atoms with E-state index >= 15 is 0 Å². The van der Waals surface area contributed by atoms with Crippen molar-refractivity contribution in [1.82, 2.24) is 5.32 Å². The molecule has 0 bridgehead atoms. The number of nitriles is 1. The van der Waals surface area contributed by atoms with Gasteiger partial charge in [-0.15, -0.1) is 0 Å². The van der Waals surface area contributed by atoms with Gasteiger partial charge in [0.25, 0.3) is 5.91 Å². The fourth-order valence-corrected chi connectivity index (χ4v) is 1.54. The van der Waals surface area contributed by atoms with Gasteiger partial charge in [-0.25, -0.2) is 4.79 Å². The fraction of sp³-hybridized carbons (Fsp3) is 0.333. The Labute approximate surface area is 128 Å². The summed E-state index contributed by atoms with van der Waals surface area (Å²) in [4.78, 5) is 34.3. The van der Waals surface area contributed by atoms with Crippen molar-refractivity contribution < 1.29 is 19.1 Å². The molecule has 2 amide bonds. The highest BCUT2D eigenvalue weighted by molar-refractivity contribution is 5.94. The predicted octanol–water partition coefficient (Wildman–Crippen LogP) is 1.22. The standard InChI is InChI=1S/C15H17N3O4/c1-10(2)17-14(20)9-22-15(21)11-3-5-12(6-4-11)18-13(19)7-8-16/h3-6,10H,7,9H2,1-2H3,(H,17,20)(H,18,19). The molecular weight excluding hydrogens is 286 g/mol. The van der Waals surface area contributed by atoms with Crippen LogP contribution in [0, 0.1) is 11.3 Å². The second-order valence-corrected chi connectivity index (χ2v) is 4.76. The first kappa shape index (κ1) is 17.2. The first-order valence-corrected chi connectivity index (χ1v) is 6.65. The summed E-state index contributed by atoms with van der Waals surface area (Å²) >= 11 is 0. The van der Waals surface area contributed by atoms with E-state index in [0.717, 1.165) is 0 Å². The lowest BCUT2D eigenvalue weighted by Crippen LogP contribution is -2.33. The Bertz CT molecular complexity index is 588. The number of carbonyl (C=O) groups excluding carboxylic acids is 3. The Morgan fingerprint density at radius 1 is 1.18 bits per heavy atom. The number of anilines is 1. The molecule has 0 saturated heterocycles. The van der Waals surface area contributed by atoms with Crippen LogP contribution in [0.4, 0.5) is 5.69 Å². The molecule has 0 aliphatic heterocycles. The second kappa shape index (κ2) is 8.42. The van der Waals surface area contributed by atoms with Crippen LogP contribution < -0.4 is 10.6 Å². The molecule has 1 aromatic carbocycles. The van der Waals surface area contributed by atoms with Gasteiger partial charge in [0.15, 0.2) is 6.61 Å². The first-order valence-electron chi connectivity index (χ1n) is 6.65. The molecule has 2 N–H and O–H groups in total. The van der Waals surface area contributed by atoms with Gasteiger partial charge in [-0.1, -0.05) is 0 Å². The van der Waals surface area contributed by atoms with Crippen molar-refractivity contribution in [1.29, 1.82) is 5.26 Å². The van der Waals surface area contributed by atoms with Crippen LogP contribution in [0.5, 0.6) is 0 Å². The van der Waals surface area contributed by atoms with E-state index in [1.165, 1.54) is 24.3 Å². The minimum absolute atomic E-state index is 0.0255. The van der Waals surface area contributed by atoms with Crippen LogP contribution in [0.1, 0.15) is 30.6 Å². The predicted molar refractivity (Wildman–Crippen MR) is 78.9 cm³/mol. The fourth-order valence-electron chi connectivity index (χ4n) is 1.54. The molecule has 0 aliphatic rings. The zero-order valence-corrected chi connectivity index (χ0v) is 12.4. The van der Waals surface area contributed by atoms with Gasteiger partial charge >= 0.3 is 5.97 Å². The summed E-state index contributed by atoms with van der Waals surface area (Å²) < 4.78 is 4.87. The molecule has 1 rings (SSSR count). The minimum atomic E-state index is -0.631. The smallest absolute Gasteiger partial charge is 0.338 e. The first-order chi connectivity index (χ1) is 10.4. The molecule has 116 valence electrons. The number of carbonyl (C=O) groups is 3. The molecule has 0 radical (unpaired) electrons. The summed E-state index contributed by atoms with van der Waals surface area (Å²) in [5.74, 6) is -1.43. The lowest BCUT2D eigenvalue weighted by atomic mass is 10.2.